The fraction of sp³-hybridized carbons (Fsp3) is 0.364. The van der Waals surface area contributed by atoms with Crippen LogP contribution in [0.25, 0.3) is 0 Å². The van der Waals surface area contributed by atoms with Crippen LogP contribution in [0.3, 0.4) is 0 Å². The van der Waals surface area contributed by atoms with Crippen molar-refractivity contribution in [2.24, 2.45) is 0 Å². The van der Waals surface area contributed by atoms with Crippen molar-refractivity contribution < 1.29 is 17.7 Å². The van der Waals surface area contributed by atoms with Gasteiger partial charge in [0.2, 0.25) is 5.95 Å². The number of nitrogen functional groups attached to an aromatic ring is 1. The summed E-state index contributed by atoms with van der Waals surface area (Å²) in [5.41, 5.74) is 5.60. The molecule has 0 radical (unpaired) electrons. The number of hydrogen-bond acceptors (Lipinski definition) is 6. The van der Waals surface area contributed by atoms with Crippen LogP contribution in [0.2, 0.25) is 0 Å². The van der Waals surface area contributed by atoms with Gasteiger partial charge in [0.25, 0.3) is 0 Å². The normalized spacial score (nSPS) is 11.7. The number of nitrogens with two attached hydrogens (primary N) is 1. The zero-order chi connectivity index (χ0) is 14.9. The summed E-state index contributed by atoms with van der Waals surface area (Å²) >= 11 is 0. The van der Waals surface area contributed by atoms with Crippen LogP contribution >= 0.6 is 0 Å². The number of anilines is 2. The first-order valence-corrected chi connectivity index (χ1v) is 5.64. The van der Waals surface area contributed by atoms with Crippen LogP contribution < -0.4 is 11.1 Å². The lowest BCUT2D eigenvalue weighted by atomic mass is 10.2. The first kappa shape index (κ1) is 14.1. The van der Waals surface area contributed by atoms with Crippen LogP contribution in [0.5, 0.6) is 0 Å². The molecule has 3 N–H and O–H groups in total. The topological polar surface area (TPSA) is 89.9 Å². The van der Waals surface area contributed by atoms with Gasteiger partial charge in [-0.2, -0.15) is 18.2 Å². The van der Waals surface area contributed by atoms with Crippen molar-refractivity contribution in [1.82, 2.24) is 15.1 Å². The van der Waals surface area contributed by atoms with Gasteiger partial charge in [-0.25, -0.2) is 4.98 Å². The van der Waals surface area contributed by atoms with Crippen LogP contribution in [-0.2, 0) is 12.7 Å². The van der Waals surface area contributed by atoms with Crippen molar-refractivity contribution in [3.05, 3.63) is 28.8 Å². The molecule has 0 aliphatic heterocycles. The molecule has 0 spiro atoms. The number of nitrogens with zero attached hydrogens (tertiary/aromatic N) is 3. The Labute approximate surface area is 112 Å². The molecular formula is C11H12F3N5O. The van der Waals surface area contributed by atoms with Crippen molar-refractivity contribution in [3.63, 3.8) is 0 Å². The highest BCUT2D eigenvalue weighted by molar-refractivity contribution is 5.42. The lowest BCUT2D eigenvalue weighted by Crippen LogP contribution is -2.13. The minimum absolute atomic E-state index is 0.00942. The average Bonchev–Trinajstić information content (AvgIpc) is 2.65. The number of alkyl halides is 3. The van der Waals surface area contributed by atoms with Gasteiger partial charge in [-0.15, -0.1) is 0 Å². The van der Waals surface area contributed by atoms with Crippen LogP contribution in [0.4, 0.5) is 24.9 Å². The van der Waals surface area contributed by atoms with E-state index in [1.54, 1.807) is 13.8 Å². The third-order valence-corrected chi connectivity index (χ3v) is 2.66. The molecule has 0 amide bonds. The summed E-state index contributed by atoms with van der Waals surface area (Å²) < 4.78 is 42.7. The van der Waals surface area contributed by atoms with Crippen LogP contribution in [0.1, 0.15) is 22.7 Å². The Morgan fingerprint density at radius 1 is 1.30 bits per heavy atom. The lowest BCUT2D eigenvalue weighted by Gasteiger charge is -2.10. The highest BCUT2D eigenvalue weighted by atomic mass is 19.4. The average molecular weight is 287 g/mol. The molecule has 0 aliphatic rings. The molecule has 0 atom stereocenters. The SMILES string of the molecule is Cc1noc(C)c1CNc1cc(C(F)(F)F)nc(N)n1. The van der Waals surface area contributed by atoms with E-state index in [1.807, 2.05) is 0 Å². The van der Waals surface area contributed by atoms with Gasteiger partial charge >= 0.3 is 6.18 Å². The molecule has 20 heavy (non-hydrogen) atoms. The summed E-state index contributed by atoms with van der Waals surface area (Å²) in [6.45, 7) is 3.68. The van der Waals surface area contributed by atoms with E-state index in [4.69, 9.17) is 10.3 Å². The predicted molar refractivity (Wildman–Crippen MR) is 64.8 cm³/mol. The summed E-state index contributed by atoms with van der Waals surface area (Å²) in [6.07, 6.45) is -4.57. The maximum Gasteiger partial charge on any atom is 0.433 e. The maximum atomic E-state index is 12.6. The second kappa shape index (κ2) is 4.99. The Balaban J connectivity index is 2.20. The summed E-state index contributed by atoms with van der Waals surface area (Å²) in [4.78, 5) is 6.87. The first-order chi connectivity index (χ1) is 9.27. The van der Waals surface area contributed by atoms with Crippen LogP contribution in [-0.4, -0.2) is 15.1 Å². The lowest BCUT2D eigenvalue weighted by molar-refractivity contribution is -0.141. The molecule has 9 heteroatoms. The molecule has 0 bridgehead atoms. The molecule has 2 aromatic rings. The minimum atomic E-state index is -4.57. The van der Waals surface area contributed by atoms with Crippen molar-refractivity contribution in [3.8, 4) is 0 Å². The molecular weight excluding hydrogens is 275 g/mol. The smallest absolute Gasteiger partial charge is 0.368 e. The Kier molecular flexibility index (Phi) is 3.51. The molecule has 2 aromatic heterocycles. The van der Waals surface area contributed by atoms with E-state index in [0.29, 0.717) is 11.5 Å². The summed E-state index contributed by atoms with van der Waals surface area (Å²) in [6, 6.07) is 0.800. The molecule has 0 unspecified atom stereocenters. The summed E-state index contributed by atoms with van der Waals surface area (Å²) in [5, 5.41) is 6.50. The highest BCUT2D eigenvalue weighted by Crippen LogP contribution is 2.29. The van der Waals surface area contributed by atoms with Gasteiger partial charge in [-0.05, 0) is 13.8 Å². The van der Waals surface area contributed by atoms with E-state index in [1.165, 1.54) is 0 Å². The molecule has 0 saturated carbocycles. The Hall–Kier alpha value is -2.32. The van der Waals surface area contributed by atoms with Gasteiger partial charge in [0, 0.05) is 18.2 Å². The monoisotopic (exact) mass is 287 g/mol. The second-order valence-electron chi connectivity index (χ2n) is 4.15. The Morgan fingerprint density at radius 3 is 2.55 bits per heavy atom. The number of hydrogen-bond donors (Lipinski definition) is 2. The second-order valence-corrected chi connectivity index (χ2v) is 4.15. The van der Waals surface area contributed by atoms with Crippen molar-refractivity contribution >= 4 is 11.8 Å². The van der Waals surface area contributed by atoms with E-state index in [9.17, 15) is 13.2 Å². The molecule has 0 fully saturated rings. The van der Waals surface area contributed by atoms with Crippen LogP contribution in [0, 0.1) is 13.8 Å². The zero-order valence-corrected chi connectivity index (χ0v) is 10.7. The molecule has 6 nitrogen and oxygen atoms in total. The predicted octanol–water partition coefficient (Wildman–Crippen LogP) is 2.29. The molecule has 2 heterocycles. The van der Waals surface area contributed by atoms with Gasteiger partial charge in [-0.1, -0.05) is 5.16 Å². The molecule has 108 valence electrons. The largest absolute Gasteiger partial charge is 0.433 e. The van der Waals surface area contributed by atoms with Gasteiger partial charge in [0.15, 0.2) is 5.69 Å². The van der Waals surface area contributed by atoms with E-state index < -0.39 is 17.8 Å². The zero-order valence-electron chi connectivity index (χ0n) is 10.7. The van der Waals surface area contributed by atoms with E-state index in [2.05, 4.69) is 20.4 Å². The van der Waals surface area contributed by atoms with Crippen molar-refractivity contribution in [2.45, 2.75) is 26.6 Å². The molecule has 0 aliphatic carbocycles. The minimum Gasteiger partial charge on any atom is -0.368 e. The molecule has 0 saturated heterocycles. The standard InChI is InChI=1S/C11H12F3N5O/c1-5-7(6(2)20-19-5)4-16-9-3-8(11(12,13)14)17-10(15)18-9/h3H,4H2,1-2H3,(H3,15,16,17,18). The van der Waals surface area contributed by atoms with Crippen LogP contribution in [0.15, 0.2) is 10.6 Å². The number of aryl methyl sites for hydroxylation is 2. The fourth-order valence-electron chi connectivity index (χ4n) is 1.63. The van der Waals surface area contributed by atoms with Gasteiger partial charge < -0.3 is 15.6 Å². The third-order valence-electron chi connectivity index (χ3n) is 2.66. The third kappa shape index (κ3) is 2.98. The number of nitrogens with one attached hydrogen (secondary N) is 1. The van der Waals surface area contributed by atoms with E-state index >= 15 is 0 Å². The van der Waals surface area contributed by atoms with Crippen molar-refractivity contribution in [1.29, 1.82) is 0 Å². The number of rotatable bonds is 3. The van der Waals surface area contributed by atoms with Crippen molar-refractivity contribution in [2.75, 3.05) is 11.1 Å². The number of aromatic nitrogens is 3. The van der Waals surface area contributed by atoms with Gasteiger partial charge in [-0.3, -0.25) is 0 Å². The first-order valence-electron chi connectivity index (χ1n) is 5.64. The number of halogens is 3. The molecule has 0 aromatic carbocycles. The van der Waals surface area contributed by atoms with E-state index in [-0.39, 0.29) is 12.4 Å². The highest BCUT2D eigenvalue weighted by Gasteiger charge is 2.33. The maximum absolute atomic E-state index is 12.6. The Bertz CT molecular complexity index is 604. The summed E-state index contributed by atoms with van der Waals surface area (Å²) in [7, 11) is 0. The van der Waals surface area contributed by atoms with E-state index in [0.717, 1.165) is 11.6 Å². The Morgan fingerprint density at radius 2 is 2.00 bits per heavy atom. The fourth-order valence-corrected chi connectivity index (χ4v) is 1.63. The quantitative estimate of drug-likeness (QED) is 0.900. The van der Waals surface area contributed by atoms with Gasteiger partial charge in [0.05, 0.1) is 5.69 Å². The summed E-state index contributed by atoms with van der Waals surface area (Å²) in [5.74, 6) is 0.138. The van der Waals surface area contributed by atoms with Gasteiger partial charge in [0.1, 0.15) is 11.6 Å². The molecule has 2 rings (SSSR count).